The molecule has 0 fully saturated rings. The van der Waals surface area contributed by atoms with Crippen molar-refractivity contribution in [1.29, 1.82) is 0 Å². The summed E-state index contributed by atoms with van der Waals surface area (Å²) >= 11 is 0. The molecule has 0 spiro atoms. The fraction of sp³-hybridized carbons (Fsp3) is 0.278. The van der Waals surface area contributed by atoms with Gasteiger partial charge in [0.05, 0.1) is 11.5 Å². The summed E-state index contributed by atoms with van der Waals surface area (Å²) in [7, 11) is 0. The third-order valence-corrected chi connectivity index (χ3v) is 4.22. The van der Waals surface area contributed by atoms with Crippen LogP contribution in [0, 0.1) is 15.9 Å². The molecule has 0 N–H and O–H groups in total. The number of ether oxygens (including phenoxy) is 1. The van der Waals surface area contributed by atoms with Crippen molar-refractivity contribution in [2.24, 2.45) is 0 Å². The molecule has 3 rings (SSSR count). The summed E-state index contributed by atoms with van der Waals surface area (Å²) in [6.45, 7) is 2.98. The van der Waals surface area contributed by atoms with E-state index in [2.05, 4.69) is 0 Å². The summed E-state index contributed by atoms with van der Waals surface area (Å²) in [6.07, 6.45) is 0.665. The lowest BCUT2D eigenvalue weighted by Crippen LogP contribution is -2.30. The zero-order valence-corrected chi connectivity index (χ0v) is 13.7. The van der Waals surface area contributed by atoms with Crippen molar-refractivity contribution < 1.29 is 18.8 Å². The molecule has 7 heteroatoms. The molecule has 1 aliphatic rings. The predicted molar refractivity (Wildman–Crippen MR) is 90.2 cm³/mol. The normalized spacial score (nSPS) is 13.3. The minimum absolute atomic E-state index is 0.0609. The lowest BCUT2D eigenvalue weighted by atomic mass is 9.99. The fourth-order valence-corrected chi connectivity index (χ4v) is 2.99. The number of nitrogens with zero attached hydrogens (tertiary/aromatic N) is 2. The first-order valence-electron chi connectivity index (χ1n) is 7.97. The van der Waals surface area contributed by atoms with E-state index in [0.29, 0.717) is 25.2 Å². The molecule has 0 aliphatic carbocycles. The number of rotatable bonds is 4. The van der Waals surface area contributed by atoms with Gasteiger partial charge in [-0.15, -0.1) is 0 Å². The number of halogens is 1. The van der Waals surface area contributed by atoms with Crippen LogP contribution in [0.15, 0.2) is 36.4 Å². The van der Waals surface area contributed by atoms with Crippen LogP contribution < -0.4 is 4.90 Å². The van der Waals surface area contributed by atoms with Crippen LogP contribution >= 0.6 is 0 Å². The van der Waals surface area contributed by atoms with E-state index < -0.39 is 10.9 Å². The van der Waals surface area contributed by atoms with Gasteiger partial charge in [-0.25, -0.2) is 9.18 Å². The van der Waals surface area contributed by atoms with Gasteiger partial charge in [0.1, 0.15) is 11.4 Å². The number of nitro benzene ring substituents is 1. The Morgan fingerprint density at radius 2 is 2.08 bits per heavy atom. The maximum atomic E-state index is 13.3. The smallest absolute Gasteiger partial charge is 0.345 e. The van der Waals surface area contributed by atoms with E-state index in [-0.39, 0.29) is 23.7 Å². The molecule has 0 unspecified atom stereocenters. The number of carbonyl (C=O) groups excluding carboxylic acids is 1. The first-order valence-corrected chi connectivity index (χ1v) is 7.97. The van der Waals surface area contributed by atoms with E-state index in [9.17, 15) is 19.3 Å². The Balaban J connectivity index is 1.93. The summed E-state index contributed by atoms with van der Waals surface area (Å²) in [5.74, 6) is -0.970. The SMILES string of the molecule is CCOC(=O)c1cc(N2CCc3cc(F)ccc3C2)ccc1[N+](=O)[O-]. The molecule has 0 saturated heterocycles. The average molecular weight is 344 g/mol. The molecule has 1 heterocycles. The molecule has 0 bridgehead atoms. The van der Waals surface area contributed by atoms with Gasteiger partial charge < -0.3 is 9.64 Å². The Morgan fingerprint density at radius 3 is 2.80 bits per heavy atom. The lowest BCUT2D eigenvalue weighted by Gasteiger charge is -2.31. The Kier molecular flexibility index (Phi) is 4.65. The van der Waals surface area contributed by atoms with Gasteiger partial charge in [-0.2, -0.15) is 0 Å². The van der Waals surface area contributed by atoms with Gasteiger partial charge in [0.25, 0.3) is 5.69 Å². The van der Waals surface area contributed by atoms with E-state index in [1.165, 1.54) is 24.3 Å². The lowest BCUT2D eigenvalue weighted by molar-refractivity contribution is -0.385. The van der Waals surface area contributed by atoms with Crippen molar-refractivity contribution in [1.82, 2.24) is 0 Å². The maximum absolute atomic E-state index is 13.3. The molecule has 0 aromatic heterocycles. The summed E-state index contributed by atoms with van der Waals surface area (Å²) in [6, 6.07) is 9.13. The molecule has 2 aromatic carbocycles. The number of hydrogen-bond acceptors (Lipinski definition) is 5. The summed E-state index contributed by atoms with van der Waals surface area (Å²) < 4.78 is 18.2. The number of anilines is 1. The molecular weight excluding hydrogens is 327 g/mol. The first-order chi connectivity index (χ1) is 12.0. The van der Waals surface area contributed by atoms with Crippen molar-refractivity contribution in [2.45, 2.75) is 19.9 Å². The second-order valence-corrected chi connectivity index (χ2v) is 5.76. The van der Waals surface area contributed by atoms with E-state index >= 15 is 0 Å². The molecule has 0 saturated carbocycles. The number of hydrogen-bond donors (Lipinski definition) is 0. The maximum Gasteiger partial charge on any atom is 0.345 e. The molecule has 25 heavy (non-hydrogen) atoms. The molecule has 130 valence electrons. The zero-order chi connectivity index (χ0) is 18.0. The second-order valence-electron chi connectivity index (χ2n) is 5.76. The van der Waals surface area contributed by atoms with Crippen molar-refractivity contribution >= 4 is 17.3 Å². The van der Waals surface area contributed by atoms with Gasteiger partial charge in [0, 0.05) is 24.8 Å². The highest BCUT2D eigenvalue weighted by atomic mass is 19.1. The van der Waals surface area contributed by atoms with E-state index in [1.54, 1.807) is 19.1 Å². The zero-order valence-electron chi connectivity index (χ0n) is 13.7. The molecule has 0 radical (unpaired) electrons. The molecular formula is C18H17FN2O4. The standard InChI is InChI=1S/C18H17FN2O4/c1-2-25-18(22)16-10-15(5-6-17(16)21(23)24)20-8-7-12-9-14(19)4-3-13(12)11-20/h3-6,9-10H,2,7-8,11H2,1H3. The third kappa shape index (κ3) is 3.45. The van der Waals surface area contributed by atoms with E-state index in [1.807, 2.05) is 4.90 Å². The highest BCUT2D eigenvalue weighted by Gasteiger charge is 2.24. The number of nitro groups is 1. The third-order valence-electron chi connectivity index (χ3n) is 4.22. The van der Waals surface area contributed by atoms with Crippen LogP contribution in [0.3, 0.4) is 0 Å². The molecule has 0 amide bonds. The molecule has 1 aliphatic heterocycles. The fourth-order valence-electron chi connectivity index (χ4n) is 2.99. The summed E-state index contributed by atoms with van der Waals surface area (Å²) in [5.41, 5.74) is 2.33. The van der Waals surface area contributed by atoms with Crippen LogP contribution in [-0.2, 0) is 17.7 Å². The van der Waals surface area contributed by atoms with Gasteiger partial charge >= 0.3 is 5.97 Å². The minimum atomic E-state index is -0.712. The number of benzene rings is 2. The molecule has 0 atom stereocenters. The van der Waals surface area contributed by atoms with Crippen LogP contribution in [0.1, 0.15) is 28.4 Å². The van der Waals surface area contributed by atoms with Gasteiger partial charge in [0.15, 0.2) is 0 Å². The van der Waals surface area contributed by atoms with Gasteiger partial charge in [-0.3, -0.25) is 10.1 Å². The first kappa shape index (κ1) is 16.9. The average Bonchev–Trinajstić information content (AvgIpc) is 2.60. The highest BCUT2D eigenvalue weighted by Crippen LogP contribution is 2.29. The van der Waals surface area contributed by atoms with Crippen LogP contribution in [0.2, 0.25) is 0 Å². The van der Waals surface area contributed by atoms with Crippen molar-refractivity contribution in [3.8, 4) is 0 Å². The molecule has 6 nitrogen and oxygen atoms in total. The van der Waals surface area contributed by atoms with E-state index in [0.717, 1.165) is 11.1 Å². The quantitative estimate of drug-likeness (QED) is 0.482. The Labute approximate surface area is 144 Å². The number of fused-ring (bicyclic) bond motifs is 1. The van der Waals surface area contributed by atoms with Gasteiger partial charge in [-0.05, 0) is 48.7 Å². The van der Waals surface area contributed by atoms with Gasteiger partial charge in [-0.1, -0.05) is 6.07 Å². The van der Waals surface area contributed by atoms with E-state index in [4.69, 9.17) is 4.74 Å². The Hall–Kier alpha value is -2.96. The van der Waals surface area contributed by atoms with Crippen molar-refractivity contribution in [3.63, 3.8) is 0 Å². The highest BCUT2D eigenvalue weighted by molar-refractivity contribution is 5.95. The predicted octanol–water partition coefficient (Wildman–Crippen LogP) is 3.47. The summed E-state index contributed by atoms with van der Waals surface area (Å²) in [4.78, 5) is 24.6. The number of esters is 1. The number of carbonyl (C=O) groups is 1. The van der Waals surface area contributed by atoms with Crippen LogP contribution in [0.25, 0.3) is 0 Å². The van der Waals surface area contributed by atoms with Gasteiger partial charge in [0.2, 0.25) is 0 Å². The van der Waals surface area contributed by atoms with Crippen LogP contribution in [0.5, 0.6) is 0 Å². The van der Waals surface area contributed by atoms with Crippen molar-refractivity contribution in [3.05, 3.63) is 69.0 Å². The van der Waals surface area contributed by atoms with Crippen molar-refractivity contribution in [2.75, 3.05) is 18.1 Å². The van der Waals surface area contributed by atoms with Crippen LogP contribution in [-0.4, -0.2) is 24.0 Å². The second kappa shape index (κ2) is 6.88. The largest absolute Gasteiger partial charge is 0.462 e. The topological polar surface area (TPSA) is 72.7 Å². The minimum Gasteiger partial charge on any atom is -0.462 e. The monoisotopic (exact) mass is 344 g/mol. The Bertz CT molecular complexity index is 838. The Morgan fingerprint density at radius 1 is 1.28 bits per heavy atom. The van der Waals surface area contributed by atoms with Crippen LogP contribution in [0.4, 0.5) is 15.8 Å². The molecule has 2 aromatic rings. The summed E-state index contributed by atoms with van der Waals surface area (Å²) in [5, 5.41) is 11.2.